The number of hydrogen-bond acceptors (Lipinski definition) is 4. The first kappa shape index (κ1) is 19.4. The van der Waals surface area contributed by atoms with Crippen molar-refractivity contribution >= 4 is 37.5 Å². The van der Waals surface area contributed by atoms with Crippen molar-refractivity contribution in [3.63, 3.8) is 0 Å². The van der Waals surface area contributed by atoms with Crippen molar-refractivity contribution in [1.82, 2.24) is 9.73 Å². The van der Waals surface area contributed by atoms with Crippen LogP contribution in [-0.2, 0) is 10.0 Å². The number of hydrazine groups is 1. The number of hydrogen-bond donors (Lipinski definition) is 2. The van der Waals surface area contributed by atoms with Crippen molar-refractivity contribution in [3.05, 3.63) is 58.6 Å². The highest BCUT2D eigenvalue weighted by Crippen LogP contribution is 2.23. The summed E-state index contributed by atoms with van der Waals surface area (Å²) in [6, 6.07) is 13.6. The van der Waals surface area contributed by atoms with E-state index in [4.69, 9.17) is 0 Å². The van der Waals surface area contributed by atoms with Crippen molar-refractivity contribution in [1.29, 1.82) is 0 Å². The Morgan fingerprint density at radius 1 is 1.08 bits per heavy atom. The highest BCUT2D eigenvalue weighted by Gasteiger charge is 2.23. The smallest absolute Gasteiger partial charge is 0.270 e. The van der Waals surface area contributed by atoms with E-state index in [1.54, 1.807) is 32.0 Å². The van der Waals surface area contributed by atoms with Gasteiger partial charge in [-0.2, -0.15) is 4.31 Å². The molecule has 0 fully saturated rings. The van der Waals surface area contributed by atoms with Gasteiger partial charge in [-0.25, -0.2) is 8.42 Å². The number of rotatable bonds is 7. The molecule has 2 N–H and O–H groups in total. The Balaban J connectivity index is 2.25. The van der Waals surface area contributed by atoms with Crippen LogP contribution in [0.3, 0.4) is 0 Å². The van der Waals surface area contributed by atoms with Gasteiger partial charge in [-0.1, -0.05) is 32.0 Å². The molecule has 2 aromatic carbocycles. The quantitative estimate of drug-likeness (QED) is 0.667. The second kappa shape index (κ2) is 8.46. The summed E-state index contributed by atoms with van der Waals surface area (Å²) in [6.45, 7) is 4.28. The molecule has 8 heteroatoms. The van der Waals surface area contributed by atoms with Crippen LogP contribution in [0.15, 0.2) is 57.9 Å². The van der Waals surface area contributed by atoms with E-state index in [0.717, 1.165) is 5.69 Å². The van der Waals surface area contributed by atoms with Gasteiger partial charge in [-0.3, -0.25) is 15.6 Å². The lowest BCUT2D eigenvalue weighted by Gasteiger charge is -2.19. The first-order valence-corrected chi connectivity index (χ1v) is 10.0. The molecular weight excluding hydrogens is 406 g/mol. The number of nitrogens with one attached hydrogen (secondary N) is 2. The van der Waals surface area contributed by atoms with Crippen molar-refractivity contribution in [2.24, 2.45) is 0 Å². The normalized spacial score (nSPS) is 11.4. The molecule has 0 bridgehead atoms. The molecule has 0 heterocycles. The van der Waals surface area contributed by atoms with Crippen LogP contribution < -0.4 is 10.9 Å². The lowest BCUT2D eigenvalue weighted by molar-refractivity contribution is 0.0961. The Morgan fingerprint density at radius 3 is 2.32 bits per heavy atom. The molecule has 0 radical (unpaired) electrons. The van der Waals surface area contributed by atoms with Gasteiger partial charge in [0.05, 0.1) is 16.1 Å². The van der Waals surface area contributed by atoms with Gasteiger partial charge in [0.15, 0.2) is 0 Å². The topological polar surface area (TPSA) is 78.5 Å². The number of halogens is 1. The van der Waals surface area contributed by atoms with Crippen molar-refractivity contribution < 1.29 is 13.2 Å². The van der Waals surface area contributed by atoms with Crippen molar-refractivity contribution in [2.45, 2.75) is 18.7 Å². The maximum atomic E-state index is 12.6. The zero-order chi connectivity index (χ0) is 18.4. The maximum absolute atomic E-state index is 12.6. The van der Waals surface area contributed by atoms with E-state index in [1.165, 1.54) is 16.4 Å². The Bertz CT molecular complexity index is 837. The third-order valence-electron chi connectivity index (χ3n) is 3.62. The van der Waals surface area contributed by atoms with Crippen LogP contribution in [0.5, 0.6) is 0 Å². The van der Waals surface area contributed by atoms with E-state index < -0.39 is 15.9 Å². The number of para-hydroxylation sites is 1. The molecular formula is C17H20BrN3O3S. The van der Waals surface area contributed by atoms with Gasteiger partial charge in [0, 0.05) is 17.6 Å². The summed E-state index contributed by atoms with van der Waals surface area (Å²) in [4.78, 5) is 12.5. The van der Waals surface area contributed by atoms with Gasteiger partial charge >= 0.3 is 0 Å². The summed E-state index contributed by atoms with van der Waals surface area (Å²) in [5, 5.41) is 0. The van der Waals surface area contributed by atoms with Crippen LogP contribution in [0.25, 0.3) is 0 Å². The first-order valence-electron chi connectivity index (χ1n) is 7.81. The number of carbonyl (C=O) groups is 1. The van der Waals surface area contributed by atoms with E-state index in [-0.39, 0.29) is 10.5 Å². The van der Waals surface area contributed by atoms with Gasteiger partial charge < -0.3 is 0 Å². The monoisotopic (exact) mass is 425 g/mol. The molecule has 134 valence electrons. The molecule has 0 aliphatic carbocycles. The third-order valence-corrected chi connectivity index (χ3v) is 6.36. The Labute approximate surface area is 156 Å². The molecule has 0 spiro atoms. The molecule has 6 nitrogen and oxygen atoms in total. The highest BCUT2D eigenvalue weighted by atomic mass is 79.9. The van der Waals surface area contributed by atoms with Gasteiger partial charge in [0.2, 0.25) is 10.0 Å². The zero-order valence-electron chi connectivity index (χ0n) is 14.0. The fourth-order valence-electron chi connectivity index (χ4n) is 2.27. The molecule has 2 aromatic rings. The number of amides is 1. The number of sulfonamides is 1. The van der Waals surface area contributed by atoms with Gasteiger partial charge in [-0.05, 0) is 46.3 Å². The minimum atomic E-state index is -3.63. The average molecular weight is 426 g/mol. The van der Waals surface area contributed by atoms with E-state index in [1.807, 2.05) is 18.2 Å². The fourth-order valence-corrected chi connectivity index (χ4v) is 4.18. The molecule has 0 aliphatic heterocycles. The van der Waals surface area contributed by atoms with Crippen LogP contribution in [0.1, 0.15) is 24.2 Å². The van der Waals surface area contributed by atoms with E-state index in [9.17, 15) is 13.2 Å². The number of anilines is 1. The standard InChI is InChI=1S/C17H20BrN3O3S/c1-3-21(4-2)25(23,24)14-10-11-16(18)15(12-14)17(22)20-19-13-8-6-5-7-9-13/h5-12,19H,3-4H2,1-2H3,(H,20,22). The molecule has 0 atom stereocenters. The Hall–Kier alpha value is -1.90. The van der Waals surface area contributed by atoms with Crippen molar-refractivity contribution in [2.75, 3.05) is 18.5 Å². The number of carbonyl (C=O) groups excluding carboxylic acids is 1. The SMILES string of the molecule is CCN(CC)S(=O)(=O)c1ccc(Br)c(C(=O)NNc2ccccc2)c1. The molecule has 1 amide bonds. The van der Waals surface area contributed by atoms with Gasteiger partial charge in [0.1, 0.15) is 0 Å². The van der Waals surface area contributed by atoms with Gasteiger partial charge in [0.25, 0.3) is 5.91 Å². The second-order valence-electron chi connectivity index (χ2n) is 5.18. The molecule has 0 unspecified atom stereocenters. The fraction of sp³-hybridized carbons (Fsp3) is 0.235. The molecule has 25 heavy (non-hydrogen) atoms. The second-order valence-corrected chi connectivity index (χ2v) is 7.97. The summed E-state index contributed by atoms with van der Waals surface area (Å²) in [5.41, 5.74) is 6.31. The van der Waals surface area contributed by atoms with Crippen molar-refractivity contribution in [3.8, 4) is 0 Å². The summed E-state index contributed by atoms with van der Waals surface area (Å²) < 4.78 is 27.1. The predicted octanol–water partition coefficient (Wildman–Crippen LogP) is 3.24. The van der Waals surface area contributed by atoms with E-state index in [2.05, 4.69) is 26.8 Å². The number of nitrogens with zero attached hydrogens (tertiary/aromatic N) is 1. The van der Waals surface area contributed by atoms with Crippen LogP contribution >= 0.6 is 15.9 Å². The average Bonchev–Trinajstić information content (AvgIpc) is 2.61. The lowest BCUT2D eigenvalue weighted by atomic mass is 10.2. The van der Waals surface area contributed by atoms with E-state index >= 15 is 0 Å². The zero-order valence-corrected chi connectivity index (χ0v) is 16.4. The Morgan fingerprint density at radius 2 is 1.72 bits per heavy atom. The molecule has 0 aromatic heterocycles. The Kier molecular flexibility index (Phi) is 6.57. The third kappa shape index (κ3) is 4.59. The largest absolute Gasteiger partial charge is 0.298 e. The molecule has 0 aliphatic rings. The molecule has 0 saturated carbocycles. The minimum Gasteiger partial charge on any atom is -0.298 e. The van der Waals surface area contributed by atoms with E-state index in [0.29, 0.717) is 17.6 Å². The minimum absolute atomic E-state index is 0.0873. The summed E-state index contributed by atoms with van der Waals surface area (Å²) in [5.74, 6) is -0.438. The van der Waals surface area contributed by atoms with Crippen LogP contribution in [-0.4, -0.2) is 31.7 Å². The van der Waals surface area contributed by atoms with Gasteiger partial charge in [-0.15, -0.1) is 0 Å². The summed E-state index contributed by atoms with van der Waals surface area (Å²) in [6.07, 6.45) is 0. The number of benzene rings is 2. The lowest BCUT2D eigenvalue weighted by Crippen LogP contribution is -2.32. The first-order chi connectivity index (χ1) is 11.9. The molecule has 0 saturated heterocycles. The van der Waals surface area contributed by atoms with Crippen LogP contribution in [0.2, 0.25) is 0 Å². The summed E-state index contributed by atoms with van der Waals surface area (Å²) >= 11 is 3.30. The summed E-state index contributed by atoms with van der Waals surface area (Å²) in [7, 11) is -3.63. The van der Waals surface area contributed by atoms with Crippen LogP contribution in [0.4, 0.5) is 5.69 Å². The van der Waals surface area contributed by atoms with Crippen LogP contribution in [0, 0.1) is 0 Å². The maximum Gasteiger partial charge on any atom is 0.270 e. The molecule has 2 rings (SSSR count). The predicted molar refractivity (Wildman–Crippen MR) is 102 cm³/mol. The highest BCUT2D eigenvalue weighted by molar-refractivity contribution is 9.10.